The summed E-state index contributed by atoms with van der Waals surface area (Å²) in [5.41, 5.74) is 0.833. The maximum atomic E-state index is 13.5. The van der Waals surface area contributed by atoms with Crippen molar-refractivity contribution in [1.82, 2.24) is 5.32 Å². The highest BCUT2D eigenvalue weighted by Crippen LogP contribution is 2.15. The van der Waals surface area contributed by atoms with Crippen molar-refractivity contribution in [1.29, 1.82) is 5.26 Å². The second-order valence-corrected chi connectivity index (χ2v) is 4.93. The Labute approximate surface area is 138 Å². The largest absolute Gasteiger partial charge is 0.358 e. The minimum Gasteiger partial charge on any atom is -0.358 e. The van der Waals surface area contributed by atoms with Gasteiger partial charge >= 0.3 is 0 Å². The van der Waals surface area contributed by atoms with Crippen LogP contribution in [0.1, 0.15) is 5.56 Å². The first-order valence-corrected chi connectivity index (χ1v) is 7.24. The standard InChI is InChI=1S/C18H15F2N3O/c19-15-6-7-17(16(20)10-15)23-12-14(11-21)18(24)22-9-8-13-4-2-1-3-5-13/h1-7,10,12,23H,8-9H2,(H,22,24)/b14-12-. The van der Waals surface area contributed by atoms with Crippen molar-refractivity contribution < 1.29 is 13.6 Å². The van der Waals surface area contributed by atoms with E-state index in [-0.39, 0.29) is 11.3 Å². The first kappa shape index (κ1) is 17.2. The van der Waals surface area contributed by atoms with E-state index in [1.807, 2.05) is 30.3 Å². The molecule has 0 aliphatic rings. The number of nitrogens with zero attached hydrogens (tertiary/aromatic N) is 1. The van der Waals surface area contributed by atoms with Crippen LogP contribution in [0.25, 0.3) is 0 Å². The van der Waals surface area contributed by atoms with Gasteiger partial charge < -0.3 is 10.6 Å². The number of halogens is 2. The zero-order chi connectivity index (χ0) is 17.4. The summed E-state index contributed by atoms with van der Waals surface area (Å²) in [6, 6.07) is 14.3. The van der Waals surface area contributed by atoms with E-state index in [0.29, 0.717) is 19.0 Å². The highest BCUT2D eigenvalue weighted by atomic mass is 19.1. The topological polar surface area (TPSA) is 64.9 Å². The van der Waals surface area contributed by atoms with E-state index in [0.717, 1.165) is 17.8 Å². The van der Waals surface area contributed by atoms with E-state index in [9.17, 15) is 13.6 Å². The average molecular weight is 327 g/mol. The van der Waals surface area contributed by atoms with Gasteiger partial charge in [-0.25, -0.2) is 8.78 Å². The van der Waals surface area contributed by atoms with Crippen LogP contribution in [0.2, 0.25) is 0 Å². The Morgan fingerprint density at radius 3 is 2.58 bits per heavy atom. The molecule has 24 heavy (non-hydrogen) atoms. The normalized spacial score (nSPS) is 10.8. The van der Waals surface area contributed by atoms with Gasteiger partial charge in [-0.05, 0) is 24.1 Å². The Morgan fingerprint density at radius 1 is 1.17 bits per heavy atom. The number of carbonyl (C=O) groups is 1. The van der Waals surface area contributed by atoms with E-state index in [1.54, 1.807) is 6.07 Å². The van der Waals surface area contributed by atoms with Crippen molar-refractivity contribution in [3.63, 3.8) is 0 Å². The molecule has 2 aromatic rings. The number of rotatable bonds is 6. The number of nitrogens with one attached hydrogen (secondary N) is 2. The Morgan fingerprint density at radius 2 is 1.92 bits per heavy atom. The van der Waals surface area contributed by atoms with Crippen LogP contribution in [0.3, 0.4) is 0 Å². The van der Waals surface area contributed by atoms with Crippen LogP contribution < -0.4 is 10.6 Å². The quantitative estimate of drug-likeness (QED) is 0.633. The lowest BCUT2D eigenvalue weighted by Crippen LogP contribution is -2.27. The summed E-state index contributed by atoms with van der Waals surface area (Å²) in [6.45, 7) is 0.368. The fraction of sp³-hybridized carbons (Fsp3) is 0.111. The molecule has 2 N–H and O–H groups in total. The first-order valence-electron chi connectivity index (χ1n) is 7.24. The zero-order valence-electron chi connectivity index (χ0n) is 12.7. The molecule has 0 aliphatic heterocycles. The van der Waals surface area contributed by atoms with E-state index in [2.05, 4.69) is 10.6 Å². The molecule has 0 aliphatic carbocycles. The highest BCUT2D eigenvalue weighted by molar-refractivity contribution is 5.97. The predicted molar refractivity (Wildman–Crippen MR) is 86.8 cm³/mol. The molecule has 0 aromatic heterocycles. The SMILES string of the molecule is N#C/C(=C/Nc1ccc(F)cc1F)C(=O)NCCc1ccccc1. The molecule has 0 radical (unpaired) electrons. The molecule has 2 rings (SSSR count). The van der Waals surface area contributed by atoms with Crippen molar-refractivity contribution >= 4 is 11.6 Å². The van der Waals surface area contributed by atoms with Crippen LogP contribution in [0.4, 0.5) is 14.5 Å². The Bertz CT molecular complexity index is 783. The Kier molecular flexibility index (Phi) is 6.03. The van der Waals surface area contributed by atoms with Crippen LogP contribution in [0.15, 0.2) is 60.3 Å². The minimum absolute atomic E-state index is 0.0266. The van der Waals surface area contributed by atoms with Crippen LogP contribution in [-0.2, 0) is 11.2 Å². The fourth-order valence-corrected chi connectivity index (χ4v) is 1.97. The summed E-state index contributed by atoms with van der Waals surface area (Å²) in [7, 11) is 0. The van der Waals surface area contributed by atoms with E-state index in [1.165, 1.54) is 6.07 Å². The van der Waals surface area contributed by atoms with Gasteiger partial charge in [-0.3, -0.25) is 4.79 Å². The lowest BCUT2D eigenvalue weighted by molar-refractivity contribution is -0.117. The van der Waals surface area contributed by atoms with Crippen molar-refractivity contribution in [3.8, 4) is 6.07 Å². The third-order valence-electron chi connectivity index (χ3n) is 3.21. The van der Waals surface area contributed by atoms with Gasteiger partial charge in [-0.1, -0.05) is 30.3 Å². The molecule has 6 heteroatoms. The molecule has 0 heterocycles. The smallest absolute Gasteiger partial charge is 0.263 e. The fourth-order valence-electron chi connectivity index (χ4n) is 1.97. The molecule has 122 valence electrons. The highest BCUT2D eigenvalue weighted by Gasteiger charge is 2.09. The van der Waals surface area contributed by atoms with Gasteiger partial charge in [-0.2, -0.15) is 5.26 Å². The van der Waals surface area contributed by atoms with Gasteiger partial charge in [0.2, 0.25) is 0 Å². The van der Waals surface area contributed by atoms with Gasteiger partial charge in [0.15, 0.2) is 0 Å². The number of benzene rings is 2. The third kappa shape index (κ3) is 4.92. The van der Waals surface area contributed by atoms with Crippen molar-refractivity contribution in [2.45, 2.75) is 6.42 Å². The molecular formula is C18H15F2N3O. The molecular weight excluding hydrogens is 312 g/mol. The lowest BCUT2D eigenvalue weighted by Gasteiger charge is -2.06. The molecule has 0 bridgehead atoms. The van der Waals surface area contributed by atoms with Gasteiger partial charge in [0.05, 0.1) is 5.69 Å². The number of anilines is 1. The van der Waals surface area contributed by atoms with Crippen LogP contribution in [-0.4, -0.2) is 12.5 Å². The number of carbonyl (C=O) groups excluding carboxylic acids is 1. The van der Waals surface area contributed by atoms with Gasteiger partial charge in [0.25, 0.3) is 5.91 Å². The molecule has 0 fully saturated rings. The maximum absolute atomic E-state index is 13.5. The molecule has 0 saturated carbocycles. The van der Waals surface area contributed by atoms with Crippen molar-refractivity contribution in [2.24, 2.45) is 0 Å². The lowest BCUT2D eigenvalue weighted by atomic mass is 10.1. The average Bonchev–Trinajstić information content (AvgIpc) is 2.58. The second-order valence-electron chi connectivity index (χ2n) is 4.93. The molecule has 0 spiro atoms. The summed E-state index contributed by atoms with van der Waals surface area (Å²) in [5.74, 6) is -2.09. The van der Waals surface area contributed by atoms with Gasteiger partial charge in [0, 0.05) is 18.8 Å². The van der Waals surface area contributed by atoms with Crippen molar-refractivity contribution in [2.75, 3.05) is 11.9 Å². The molecule has 0 saturated heterocycles. The molecule has 1 amide bonds. The minimum atomic E-state index is -0.812. The summed E-state index contributed by atoms with van der Waals surface area (Å²) < 4.78 is 26.3. The van der Waals surface area contributed by atoms with Gasteiger partial charge in [-0.15, -0.1) is 0 Å². The van der Waals surface area contributed by atoms with Crippen molar-refractivity contribution in [3.05, 3.63) is 77.5 Å². The number of hydrogen-bond donors (Lipinski definition) is 2. The summed E-state index contributed by atoms with van der Waals surface area (Å²) in [6.07, 6.45) is 1.72. The number of nitriles is 1. The molecule has 4 nitrogen and oxygen atoms in total. The first-order chi connectivity index (χ1) is 11.6. The summed E-state index contributed by atoms with van der Waals surface area (Å²) in [5, 5.41) is 14.1. The molecule has 2 aromatic carbocycles. The van der Waals surface area contributed by atoms with E-state index < -0.39 is 17.5 Å². The third-order valence-corrected chi connectivity index (χ3v) is 3.21. The summed E-state index contributed by atoms with van der Waals surface area (Å²) in [4.78, 5) is 11.9. The number of hydrogen-bond acceptors (Lipinski definition) is 3. The maximum Gasteiger partial charge on any atom is 0.263 e. The summed E-state index contributed by atoms with van der Waals surface area (Å²) >= 11 is 0. The number of amides is 1. The zero-order valence-corrected chi connectivity index (χ0v) is 12.7. The molecule has 0 atom stereocenters. The van der Waals surface area contributed by atoms with Crippen LogP contribution in [0, 0.1) is 23.0 Å². The molecule has 0 unspecified atom stereocenters. The van der Waals surface area contributed by atoms with E-state index >= 15 is 0 Å². The van der Waals surface area contributed by atoms with E-state index in [4.69, 9.17) is 5.26 Å². The predicted octanol–water partition coefficient (Wildman–Crippen LogP) is 3.14. The van der Waals surface area contributed by atoms with Crippen LogP contribution in [0.5, 0.6) is 0 Å². The Balaban J connectivity index is 1.92. The van der Waals surface area contributed by atoms with Crippen LogP contribution >= 0.6 is 0 Å². The van der Waals surface area contributed by atoms with Gasteiger partial charge in [0.1, 0.15) is 23.3 Å². The second kappa shape index (κ2) is 8.44. The monoisotopic (exact) mass is 327 g/mol. The Hall–Kier alpha value is -3.20.